The van der Waals surface area contributed by atoms with Crippen molar-refractivity contribution in [3.05, 3.63) is 23.8 Å². The molecule has 5 rings (SSSR count). The van der Waals surface area contributed by atoms with E-state index in [0.29, 0.717) is 29.6 Å². The quantitative estimate of drug-likeness (QED) is 0.425. The van der Waals surface area contributed by atoms with Crippen LogP contribution in [0.4, 0.5) is 0 Å². The highest BCUT2D eigenvalue weighted by molar-refractivity contribution is 6.07. The van der Waals surface area contributed by atoms with Gasteiger partial charge >= 0.3 is 5.97 Å². The number of esters is 1. The first kappa shape index (κ1) is 26.2. The summed E-state index contributed by atoms with van der Waals surface area (Å²) in [6, 6.07) is 0. The van der Waals surface area contributed by atoms with Gasteiger partial charge in [-0.25, -0.2) is 0 Å². The van der Waals surface area contributed by atoms with Crippen molar-refractivity contribution in [2.75, 3.05) is 0 Å². The second-order valence-electron chi connectivity index (χ2n) is 14.0. The molecule has 0 amide bonds. The van der Waals surface area contributed by atoms with Crippen LogP contribution >= 0.6 is 0 Å². The monoisotopic (exact) mass is 496 g/mol. The van der Waals surface area contributed by atoms with E-state index in [4.69, 9.17) is 4.74 Å². The molecule has 36 heavy (non-hydrogen) atoms. The summed E-state index contributed by atoms with van der Waals surface area (Å²) < 4.78 is 6.41. The minimum atomic E-state index is -0.662. The largest absolute Gasteiger partial charge is 0.462 e. The summed E-state index contributed by atoms with van der Waals surface area (Å²) in [4.78, 5) is 25.9. The SMILES string of the molecule is CCC(O)CC(=O)O[C@H]1C[C@@H]2[C@@]3(C)CCC[C@](C)(CC)[C@@H]3CC[C@@]2(C)[C@@H]2CC=C3C(=O)C=C[C@@H]3[C@@]12C. The molecule has 3 fully saturated rings. The zero-order valence-electron chi connectivity index (χ0n) is 23.4. The summed E-state index contributed by atoms with van der Waals surface area (Å²) in [5.74, 6) is 1.38. The molecule has 10 atom stereocenters. The number of fused-ring (bicyclic) bond motifs is 7. The summed E-state index contributed by atoms with van der Waals surface area (Å²) >= 11 is 0. The molecule has 0 radical (unpaired) electrons. The number of carbonyl (C=O) groups is 2. The molecular formula is C32H48O4. The Labute approximate surface area is 218 Å². The van der Waals surface area contributed by atoms with Gasteiger partial charge < -0.3 is 9.84 Å². The van der Waals surface area contributed by atoms with Gasteiger partial charge in [-0.15, -0.1) is 0 Å². The van der Waals surface area contributed by atoms with Crippen LogP contribution in [-0.4, -0.2) is 29.1 Å². The van der Waals surface area contributed by atoms with Crippen molar-refractivity contribution in [3.8, 4) is 0 Å². The number of carbonyl (C=O) groups excluding carboxylic acids is 2. The summed E-state index contributed by atoms with van der Waals surface area (Å²) in [7, 11) is 0. The number of rotatable bonds is 5. The van der Waals surface area contributed by atoms with Crippen molar-refractivity contribution in [1.29, 1.82) is 0 Å². The van der Waals surface area contributed by atoms with Crippen LogP contribution in [0.25, 0.3) is 0 Å². The molecule has 4 nitrogen and oxygen atoms in total. The van der Waals surface area contributed by atoms with Crippen LogP contribution < -0.4 is 0 Å². The number of aliphatic hydroxyl groups is 1. The third kappa shape index (κ3) is 3.56. The summed E-state index contributed by atoms with van der Waals surface area (Å²) in [5, 5.41) is 10.2. The number of allylic oxidation sites excluding steroid dienone is 4. The topological polar surface area (TPSA) is 63.6 Å². The van der Waals surface area contributed by atoms with Crippen LogP contribution in [-0.2, 0) is 14.3 Å². The molecule has 4 heteroatoms. The lowest BCUT2D eigenvalue weighted by atomic mass is 9.34. The molecule has 1 unspecified atom stereocenters. The Balaban J connectivity index is 1.58. The number of aliphatic hydroxyl groups excluding tert-OH is 1. The Morgan fingerprint density at radius 2 is 1.81 bits per heavy atom. The molecule has 3 saturated carbocycles. The molecule has 200 valence electrons. The lowest BCUT2D eigenvalue weighted by Crippen LogP contribution is -2.66. The molecule has 5 aliphatic carbocycles. The number of ketones is 1. The lowest BCUT2D eigenvalue weighted by molar-refractivity contribution is -0.239. The summed E-state index contributed by atoms with van der Waals surface area (Å²) in [5.41, 5.74) is 1.36. The number of hydrogen-bond acceptors (Lipinski definition) is 4. The van der Waals surface area contributed by atoms with Crippen LogP contribution in [0.1, 0.15) is 106 Å². The third-order valence-electron chi connectivity index (χ3n) is 12.6. The first-order chi connectivity index (χ1) is 16.9. The predicted octanol–water partition coefficient (Wildman–Crippen LogP) is 6.81. The van der Waals surface area contributed by atoms with E-state index in [1.165, 1.54) is 38.5 Å². The number of hydrogen-bond donors (Lipinski definition) is 1. The standard InChI is InChI=1S/C32H48O4/c1-7-20(33)18-28(35)36-27-19-26-30(4)16-9-15-29(3,8-2)24(30)14-17-31(26,5)25-13-10-21-22(32(25,27)6)11-12-23(21)34/h10-12,20,22,24-27,33H,7-9,13-19H2,1-6H3/t20?,22-,24-,25-,26+,27-,29-,30-,31-,32+/m0/s1. The fourth-order valence-corrected chi connectivity index (χ4v) is 10.5. The van der Waals surface area contributed by atoms with Gasteiger partial charge in [0.2, 0.25) is 0 Å². The molecular weight excluding hydrogens is 448 g/mol. The highest BCUT2D eigenvalue weighted by Crippen LogP contribution is 2.74. The van der Waals surface area contributed by atoms with Gasteiger partial charge in [0.25, 0.3) is 0 Å². The van der Waals surface area contributed by atoms with Crippen molar-refractivity contribution in [1.82, 2.24) is 0 Å². The van der Waals surface area contributed by atoms with Crippen molar-refractivity contribution < 1.29 is 19.4 Å². The van der Waals surface area contributed by atoms with Crippen LogP contribution in [0.5, 0.6) is 0 Å². The molecule has 0 spiro atoms. The van der Waals surface area contributed by atoms with E-state index in [2.05, 4.69) is 46.8 Å². The molecule has 1 N–H and O–H groups in total. The van der Waals surface area contributed by atoms with Crippen molar-refractivity contribution in [2.45, 2.75) is 118 Å². The number of ether oxygens (including phenoxy) is 1. The maximum Gasteiger partial charge on any atom is 0.308 e. The Hall–Kier alpha value is -1.42. The normalized spacial score (nSPS) is 48.2. The second kappa shape index (κ2) is 8.82. The minimum Gasteiger partial charge on any atom is -0.462 e. The van der Waals surface area contributed by atoms with E-state index in [1.807, 2.05) is 6.92 Å². The predicted molar refractivity (Wildman–Crippen MR) is 142 cm³/mol. The second-order valence-corrected chi connectivity index (χ2v) is 14.0. The van der Waals surface area contributed by atoms with Crippen molar-refractivity contribution in [3.63, 3.8) is 0 Å². The fraction of sp³-hybridized carbons (Fsp3) is 0.812. The van der Waals surface area contributed by atoms with Gasteiger partial charge in [0, 0.05) is 16.9 Å². The van der Waals surface area contributed by atoms with E-state index < -0.39 is 6.10 Å². The van der Waals surface area contributed by atoms with Gasteiger partial charge in [0.15, 0.2) is 5.78 Å². The average Bonchev–Trinajstić information content (AvgIpc) is 3.22. The molecule has 0 aromatic carbocycles. The van der Waals surface area contributed by atoms with Gasteiger partial charge in [0.05, 0.1) is 12.5 Å². The Morgan fingerprint density at radius 3 is 2.50 bits per heavy atom. The molecule has 0 aliphatic heterocycles. The van der Waals surface area contributed by atoms with Gasteiger partial charge in [-0.05, 0) is 85.0 Å². The zero-order valence-corrected chi connectivity index (χ0v) is 23.4. The minimum absolute atomic E-state index is 0.00761. The maximum atomic E-state index is 13.1. The van der Waals surface area contributed by atoms with Gasteiger partial charge in [0.1, 0.15) is 6.10 Å². The Kier molecular flexibility index (Phi) is 6.42. The zero-order chi connectivity index (χ0) is 26.1. The highest BCUT2D eigenvalue weighted by atomic mass is 16.5. The Morgan fingerprint density at radius 1 is 1.08 bits per heavy atom. The van der Waals surface area contributed by atoms with Gasteiger partial charge in [-0.2, -0.15) is 0 Å². The first-order valence-corrected chi connectivity index (χ1v) is 14.7. The lowest BCUT2D eigenvalue weighted by Gasteiger charge is -2.70. The van der Waals surface area contributed by atoms with Gasteiger partial charge in [-0.3, -0.25) is 9.59 Å². The molecule has 5 aliphatic rings. The van der Waals surface area contributed by atoms with E-state index in [-0.39, 0.29) is 46.4 Å². The van der Waals surface area contributed by atoms with Crippen LogP contribution in [0, 0.1) is 45.3 Å². The molecule has 0 aromatic rings. The van der Waals surface area contributed by atoms with Gasteiger partial charge in [-0.1, -0.05) is 66.5 Å². The molecule has 0 saturated heterocycles. The summed E-state index contributed by atoms with van der Waals surface area (Å²) in [6.45, 7) is 14.2. The van der Waals surface area contributed by atoms with E-state index in [0.717, 1.165) is 18.4 Å². The van der Waals surface area contributed by atoms with Crippen LogP contribution in [0.3, 0.4) is 0 Å². The summed E-state index contributed by atoms with van der Waals surface area (Å²) in [6.07, 6.45) is 15.1. The van der Waals surface area contributed by atoms with E-state index >= 15 is 0 Å². The highest BCUT2D eigenvalue weighted by Gasteiger charge is 2.69. The van der Waals surface area contributed by atoms with Crippen molar-refractivity contribution in [2.24, 2.45) is 45.3 Å². The molecule has 0 aromatic heterocycles. The smallest absolute Gasteiger partial charge is 0.308 e. The average molecular weight is 497 g/mol. The molecule has 0 heterocycles. The molecule has 0 bridgehead atoms. The first-order valence-electron chi connectivity index (χ1n) is 14.7. The van der Waals surface area contributed by atoms with E-state index in [1.54, 1.807) is 6.08 Å². The van der Waals surface area contributed by atoms with E-state index in [9.17, 15) is 14.7 Å². The maximum absolute atomic E-state index is 13.1. The third-order valence-corrected chi connectivity index (χ3v) is 12.6. The van der Waals surface area contributed by atoms with Crippen molar-refractivity contribution >= 4 is 11.8 Å². The van der Waals surface area contributed by atoms with Crippen LogP contribution in [0.2, 0.25) is 0 Å². The Bertz CT molecular complexity index is 981. The fourth-order valence-electron chi connectivity index (χ4n) is 10.5. The van der Waals surface area contributed by atoms with Crippen LogP contribution in [0.15, 0.2) is 23.8 Å².